The third-order valence-corrected chi connectivity index (χ3v) is 6.96. The van der Waals surface area contributed by atoms with E-state index in [0.717, 1.165) is 46.1 Å². The molecule has 0 spiro atoms. The predicted octanol–water partition coefficient (Wildman–Crippen LogP) is 6.17. The van der Waals surface area contributed by atoms with Crippen molar-refractivity contribution < 1.29 is 19.1 Å². The summed E-state index contributed by atoms with van der Waals surface area (Å²) in [5.74, 6) is 1.41. The van der Waals surface area contributed by atoms with Crippen LogP contribution in [0, 0.1) is 0 Å². The first kappa shape index (κ1) is 26.5. The van der Waals surface area contributed by atoms with E-state index < -0.39 is 0 Å². The van der Waals surface area contributed by atoms with E-state index in [2.05, 4.69) is 45.7 Å². The molecular weight excluding hydrogens is 564 g/mol. The topological polar surface area (TPSA) is 59.1 Å². The third kappa shape index (κ3) is 6.98. The van der Waals surface area contributed by atoms with E-state index in [1.165, 1.54) is 0 Å². The number of benzene rings is 2. The van der Waals surface area contributed by atoms with Gasteiger partial charge in [-0.25, -0.2) is 0 Å². The average Bonchev–Trinajstić information content (AvgIpc) is 2.85. The highest BCUT2D eigenvalue weighted by atomic mass is 79.9. The molecule has 184 valence electrons. The van der Waals surface area contributed by atoms with Crippen molar-refractivity contribution in [3.63, 3.8) is 0 Å². The Morgan fingerprint density at radius 3 is 1.44 bits per heavy atom. The summed E-state index contributed by atoms with van der Waals surface area (Å²) in [7, 11) is 0. The lowest BCUT2D eigenvalue weighted by molar-refractivity contribution is 0.0535. The minimum absolute atomic E-state index is 0.0377. The molecule has 8 heteroatoms. The molecule has 0 unspecified atom stereocenters. The SMILES string of the molecule is CCCCOc1ccc(C(=O)N2CCN(C(=O)c3ccc(OCCCC)c(Br)c3)CC2)cc1Br. The molecule has 34 heavy (non-hydrogen) atoms. The summed E-state index contributed by atoms with van der Waals surface area (Å²) in [5.41, 5.74) is 1.22. The summed E-state index contributed by atoms with van der Waals surface area (Å²) in [5, 5.41) is 0. The molecule has 1 fully saturated rings. The molecule has 0 aromatic heterocycles. The van der Waals surface area contributed by atoms with Crippen LogP contribution in [-0.4, -0.2) is 61.0 Å². The maximum atomic E-state index is 13.0. The summed E-state index contributed by atoms with van der Waals surface area (Å²) in [6, 6.07) is 10.9. The van der Waals surface area contributed by atoms with Gasteiger partial charge >= 0.3 is 0 Å². The lowest BCUT2D eigenvalue weighted by Gasteiger charge is -2.35. The van der Waals surface area contributed by atoms with Crippen molar-refractivity contribution in [1.82, 2.24) is 9.80 Å². The van der Waals surface area contributed by atoms with Gasteiger partial charge in [0.25, 0.3) is 11.8 Å². The maximum Gasteiger partial charge on any atom is 0.254 e. The Balaban J connectivity index is 1.55. The van der Waals surface area contributed by atoms with E-state index in [4.69, 9.17) is 9.47 Å². The summed E-state index contributed by atoms with van der Waals surface area (Å²) in [6.07, 6.45) is 4.12. The van der Waals surface area contributed by atoms with Crippen LogP contribution in [0.3, 0.4) is 0 Å². The zero-order valence-corrected chi connectivity index (χ0v) is 23.0. The molecule has 1 aliphatic rings. The molecule has 0 bridgehead atoms. The van der Waals surface area contributed by atoms with Gasteiger partial charge in [-0.3, -0.25) is 9.59 Å². The largest absolute Gasteiger partial charge is 0.492 e. The van der Waals surface area contributed by atoms with Gasteiger partial charge < -0.3 is 19.3 Å². The monoisotopic (exact) mass is 594 g/mol. The van der Waals surface area contributed by atoms with Crippen molar-refractivity contribution in [2.45, 2.75) is 39.5 Å². The number of halogens is 2. The molecule has 2 aromatic rings. The number of unbranched alkanes of at least 4 members (excludes halogenated alkanes) is 2. The molecule has 0 saturated carbocycles. The normalized spacial score (nSPS) is 13.6. The fourth-order valence-corrected chi connectivity index (χ4v) is 4.62. The highest BCUT2D eigenvalue weighted by molar-refractivity contribution is 9.10. The van der Waals surface area contributed by atoms with Gasteiger partial charge in [0, 0.05) is 37.3 Å². The van der Waals surface area contributed by atoms with Crippen molar-refractivity contribution in [2.24, 2.45) is 0 Å². The molecular formula is C26H32Br2N2O4. The number of ether oxygens (including phenoxy) is 2. The van der Waals surface area contributed by atoms with Crippen LogP contribution in [0.4, 0.5) is 0 Å². The second kappa shape index (κ2) is 13.1. The van der Waals surface area contributed by atoms with Gasteiger partial charge in [0.1, 0.15) is 11.5 Å². The van der Waals surface area contributed by atoms with Crippen LogP contribution in [-0.2, 0) is 0 Å². The molecule has 0 N–H and O–H groups in total. The molecule has 0 radical (unpaired) electrons. The smallest absolute Gasteiger partial charge is 0.254 e. The zero-order valence-electron chi connectivity index (χ0n) is 19.8. The molecule has 2 amide bonds. The Labute approximate surface area is 218 Å². The second-order valence-corrected chi connectivity index (χ2v) is 9.99. The van der Waals surface area contributed by atoms with Crippen molar-refractivity contribution in [3.8, 4) is 11.5 Å². The number of hydrogen-bond acceptors (Lipinski definition) is 4. The van der Waals surface area contributed by atoms with Crippen LogP contribution < -0.4 is 9.47 Å². The molecule has 2 aromatic carbocycles. The van der Waals surface area contributed by atoms with E-state index in [-0.39, 0.29) is 11.8 Å². The van der Waals surface area contributed by atoms with Crippen LogP contribution in [0.15, 0.2) is 45.3 Å². The Kier molecular flexibility index (Phi) is 10.3. The first-order valence-corrected chi connectivity index (χ1v) is 13.5. The zero-order chi connectivity index (χ0) is 24.5. The summed E-state index contributed by atoms with van der Waals surface area (Å²) >= 11 is 7.03. The van der Waals surface area contributed by atoms with E-state index in [9.17, 15) is 9.59 Å². The third-order valence-electron chi connectivity index (χ3n) is 5.72. The number of piperazine rings is 1. The fourth-order valence-electron chi connectivity index (χ4n) is 3.63. The van der Waals surface area contributed by atoms with Gasteiger partial charge in [-0.2, -0.15) is 0 Å². The molecule has 1 saturated heterocycles. The van der Waals surface area contributed by atoms with Crippen molar-refractivity contribution >= 4 is 43.7 Å². The van der Waals surface area contributed by atoms with Crippen LogP contribution >= 0.6 is 31.9 Å². The van der Waals surface area contributed by atoms with E-state index >= 15 is 0 Å². The maximum absolute atomic E-state index is 13.0. The average molecular weight is 596 g/mol. The fraction of sp³-hybridized carbons (Fsp3) is 0.462. The molecule has 3 rings (SSSR count). The van der Waals surface area contributed by atoms with Crippen LogP contribution in [0.25, 0.3) is 0 Å². The Morgan fingerprint density at radius 2 is 1.12 bits per heavy atom. The number of amides is 2. The second-order valence-electron chi connectivity index (χ2n) is 8.28. The summed E-state index contributed by atoms with van der Waals surface area (Å²) in [6.45, 7) is 7.53. The Bertz CT molecular complexity index is 911. The number of carbonyl (C=O) groups is 2. The molecule has 0 aliphatic carbocycles. The molecule has 6 nitrogen and oxygen atoms in total. The van der Waals surface area contributed by atoms with Gasteiger partial charge in [0.15, 0.2) is 0 Å². The highest BCUT2D eigenvalue weighted by Gasteiger charge is 2.26. The van der Waals surface area contributed by atoms with Gasteiger partial charge in [0.05, 0.1) is 22.2 Å². The predicted molar refractivity (Wildman–Crippen MR) is 141 cm³/mol. The first-order valence-electron chi connectivity index (χ1n) is 11.9. The summed E-state index contributed by atoms with van der Waals surface area (Å²) < 4.78 is 13.1. The first-order chi connectivity index (χ1) is 16.4. The number of hydrogen-bond donors (Lipinski definition) is 0. The lowest BCUT2D eigenvalue weighted by Crippen LogP contribution is -2.50. The lowest BCUT2D eigenvalue weighted by atomic mass is 10.1. The van der Waals surface area contributed by atoms with Crippen LogP contribution in [0.1, 0.15) is 60.2 Å². The summed E-state index contributed by atoms with van der Waals surface area (Å²) in [4.78, 5) is 29.6. The van der Waals surface area contributed by atoms with Crippen molar-refractivity contribution in [3.05, 3.63) is 56.5 Å². The number of nitrogens with zero attached hydrogens (tertiary/aromatic N) is 2. The number of rotatable bonds is 10. The minimum Gasteiger partial charge on any atom is -0.492 e. The van der Waals surface area contributed by atoms with E-state index in [0.29, 0.717) is 50.5 Å². The Morgan fingerprint density at radius 1 is 0.735 bits per heavy atom. The van der Waals surface area contributed by atoms with E-state index in [1.54, 1.807) is 21.9 Å². The van der Waals surface area contributed by atoms with Gasteiger partial charge in [0.2, 0.25) is 0 Å². The number of carbonyl (C=O) groups excluding carboxylic acids is 2. The van der Waals surface area contributed by atoms with Crippen molar-refractivity contribution in [2.75, 3.05) is 39.4 Å². The van der Waals surface area contributed by atoms with Gasteiger partial charge in [-0.15, -0.1) is 0 Å². The van der Waals surface area contributed by atoms with Crippen molar-refractivity contribution in [1.29, 1.82) is 0 Å². The van der Waals surface area contributed by atoms with Gasteiger partial charge in [-0.1, -0.05) is 26.7 Å². The molecule has 0 atom stereocenters. The Hall–Kier alpha value is -2.06. The minimum atomic E-state index is -0.0377. The van der Waals surface area contributed by atoms with Crippen LogP contribution in [0.5, 0.6) is 11.5 Å². The van der Waals surface area contributed by atoms with E-state index in [1.807, 2.05) is 24.3 Å². The standard InChI is InChI=1S/C26H32Br2N2O4/c1-3-5-15-33-23-9-7-19(17-21(23)27)25(31)29-11-13-30(14-12-29)26(32)20-8-10-24(22(28)18-20)34-16-6-4-2/h7-10,17-18H,3-6,11-16H2,1-2H3. The quantitative estimate of drug-likeness (QED) is 0.308. The molecule has 1 aliphatic heterocycles. The molecule has 1 heterocycles. The highest BCUT2D eigenvalue weighted by Crippen LogP contribution is 2.28. The van der Waals surface area contributed by atoms with Gasteiger partial charge in [-0.05, 0) is 81.1 Å². The van der Waals surface area contributed by atoms with Crippen LogP contribution in [0.2, 0.25) is 0 Å².